The van der Waals surface area contributed by atoms with Crippen molar-refractivity contribution in [3.63, 3.8) is 0 Å². The van der Waals surface area contributed by atoms with Gasteiger partial charge in [0.25, 0.3) is 0 Å². The molecule has 226 valence electrons. The summed E-state index contributed by atoms with van der Waals surface area (Å²) < 4.78 is 11.3. The first-order valence-electron chi connectivity index (χ1n) is 14.3. The van der Waals surface area contributed by atoms with Gasteiger partial charge in [0, 0.05) is 25.2 Å². The van der Waals surface area contributed by atoms with Gasteiger partial charge in [-0.25, -0.2) is 9.59 Å². The number of rotatable bonds is 11. The van der Waals surface area contributed by atoms with Crippen LogP contribution in [0.2, 0.25) is 0 Å². The molecule has 1 aliphatic heterocycles. The Balaban J connectivity index is 1.39. The van der Waals surface area contributed by atoms with Gasteiger partial charge in [-0.15, -0.1) is 0 Å². The molecular weight excluding hydrogens is 526 g/mol. The number of piperidine rings is 1. The summed E-state index contributed by atoms with van der Waals surface area (Å²) in [5.41, 5.74) is 0.532. The first-order valence-corrected chi connectivity index (χ1v) is 14.3. The van der Waals surface area contributed by atoms with Gasteiger partial charge >= 0.3 is 12.1 Å². The quantitative estimate of drug-likeness (QED) is 0.199. The molecule has 1 saturated heterocycles. The highest BCUT2D eigenvalue weighted by molar-refractivity contribution is 6.00. The minimum Gasteiger partial charge on any atom is -0.490 e. The lowest BCUT2D eigenvalue weighted by molar-refractivity contribution is -0.134. The number of hydrogen-bond donors (Lipinski definition) is 5. The van der Waals surface area contributed by atoms with Gasteiger partial charge in [0.15, 0.2) is 0 Å². The second-order valence-corrected chi connectivity index (χ2v) is 12.3. The number of urea groups is 1. The molecule has 11 heteroatoms. The maximum Gasteiger partial charge on any atom is 0.407 e. The van der Waals surface area contributed by atoms with Crippen LogP contribution in [0.5, 0.6) is 5.75 Å². The fourth-order valence-electron chi connectivity index (χ4n) is 4.71. The topological polar surface area (TPSA) is 147 Å². The molecule has 1 aliphatic carbocycles. The number of nitrogens with one attached hydrogen (secondary N) is 5. The molecule has 1 unspecified atom stereocenters. The van der Waals surface area contributed by atoms with Crippen molar-refractivity contribution in [2.45, 2.75) is 96.9 Å². The molecule has 0 bridgehead atoms. The van der Waals surface area contributed by atoms with Crippen molar-refractivity contribution in [2.24, 2.45) is 5.92 Å². The van der Waals surface area contributed by atoms with Crippen molar-refractivity contribution >= 4 is 29.6 Å². The van der Waals surface area contributed by atoms with Gasteiger partial charge in [0.2, 0.25) is 11.8 Å². The van der Waals surface area contributed by atoms with Gasteiger partial charge in [-0.05, 0) is 90.5 Å². The van der Waals surface area contributed by atoms with E-state index in [1.807, 2.05) is 59.8 Å². The van der Waals surface area contributed by atoms with Crippen LogP contribution in [0.1, 0.15) is 73.6 Å². The summed E-state index contributed by atoms with van der Waals surface area (Å²) in [6.07, 6.45) is 4.92. The molecule has 5 amide bonds. The lowest BCUT2D eigenvalue weighted by Crippen LogP contribution is -2.51. The first-order chi connectivity index (χ1) is 19.2. The predicted octanol–water partition coefficient (Wildman–Crippen LogP) is 4.00. The first kappa shape index (κ1) is 31.9. The molecule has 0 aromatic heterocycles. The average molecular weight is 572 g/mol. The Kier molecular flexibility index (Phi) is 10.8. The van der Waals surface area contributed by atoms with E-state index in [4.69, 9.17) is 9.47 Å². The largest absolute Gasteiger partial charge is 0.490 e. The van der Waals surface area contributed by atoms with Crippen molar-refractivity contribution in [1.82, 2.24) is 21.3 Å². The predicted molar refractivity (Wildman–Crippen MR) is 157 cm³/mol. The summed E-state index contributed by atoms with van der Waals surface area (Å²) in [5.74, 6) is 0.542. The zero-order chi connectivity index (χ0) is 30.2. The maximum atomic E-state index is 12.7. The van der Waals surface area contributed by atoms with Crippen molar-refractivity contribution in [2.75, 3.05) is 18.4 Å². The molecule has 3 rings (SSSR count). The van der Waals surface area contributed by atoms with E-state index in [-0.39, 0.29) is 23.9 Å². The number of carbonyl (C=O) groups is 4. The van der Waals surface area contributed by atoms with E-state index < -0.39 is 23.3 Å². The summed E-state index contributed by atoms with van der Waals surface area (Å²) >= 11 is 0. The molecule has 1 aromatic rings. The van der Waals surface area contributed by atoms with Gasteiger partial charge in [-0.1, -0.05) is 18.6 Å². The molecule has 0 radical (unpaired) electrons. The molecule has 2 fully saturated rings. The highest BCUT2D eigenvalue weighted by Crippen LogP contribution is 2.31. The molecule has 1 atom stereocenters. The molecule has 1 heterocycles. The summed E-state index contributed by atoms with van der Waals surface area (Å²) in [6, 6.07) is 6.48. The van der Waals surface area contributed by atoms with Crippen molar-refractivity contribution in [3.8, 4) is 5.75 Å². The lowest BCUT2D eigenvalue weighted by atomic mass is 9.82. The molecule has 41 heavy (non-hydrogen) atoms. The minimum atomic E-state index is -0.635. The van der Waals surface area contributed by atoms with Crippen LogP contribution in [0.4, 0.5) is 15.3 Å². The highest BCUT2D eigenvalue weighted by Gasteiger charge is 2.31. The fraction of sp³-hybridized carbons (Fsp3) is 0.600. The Bertz CT molecular complexity index is 1120. The van der Waals surface area contributed by atoms with E-state index in [9.17, 15) is 19.2 Å². The van der Waals surface area contributed by atoms with Gasteiger partial charge < -0.3 is 30.7 Å². The normalized spacial score (nSPS) is 21.3. The maximum absolute atomic E-state index is 12.7. The van der Waals surface area contributed by atoms with Crippen LogP contribution >= 0.6 is 0 Å². The van der Waals surface area contributed by atoms with Crippen molar-refractivity contribution in [1.29, 1.82) is 0 Å². The van der Waals surface area contributed by atoms with Crippen LogP contribution in [0.3, 0.4) is 0 Å². The number of amides is 5. The molecule has 5 N–H and O–H groups in total. The number of carbonyl (C=O) groups excluding carboxylic acids is 4. The number of hydrogen-bond acceptors (Lipinski definition) is 7. The van der Waals surface area contributed by atoms with Gasteiger partial charge in [-0.2, -0.15) is 0 Å². The molecule has 1 saturated carbocycles. The van der Waals surface area contributed by atoms with Crippen LogP contribution in [0.15, 0.2) is 35.9 Å². The Morgan fingerprint density at radius 1 is 1.07 bits per heavy atom. The number of ether oxygens (including phenoxy) is 2. The molecule has 1 aromatic carbocycles. The van der Waals surface area contributed by atoms with Crippen LogP contribution in [0.25, 0.3) is 0 Å². The van der Waals surface area contributed by atoms with Crippen LogP contribution in [0, 0.1) is 5.92 Å². The van der Waals surface area contributed by atoms with E-state index in [0.717, 1.165) is 30.6 Å². The number of imide groups is 1. The monoisotopic (exact) mass is 571 g/mol. The summed E-state index contributed by atoms with van der Waals surface area (Å²) in [6.45, 7) is 12.4. The minimum absolute atomic E-state index is 0.0902. The average Bonchev–Trinajstić information content (AvgIpc) is 2.83. The van der Waals surface area contributed by atoms with Crippen LogP contribution in [-0.4, -0.2) is 60.3 Å². The van der Waals surface area contributed by atoms with E-state index in [1.165, 1.54) is 0 Å². The zero-order valence-electron chi connectivity index (χ0n) is 25.0. The summed E-state index contributed by atoms with van der Waals surface area (Å²) in [4.78, 5) is 47.8. The van der Waals surface area contributed by atoms with E-state index in [0.29, 0.717) is 37.5 Å². The Hall–Kier alpha value is -3.60. The Morgan fingerprint density at radius 2 is 1.76 bits per heavy atom. The molecule has 2 aliphatic rings. The second kappa shape index (κ2) is 13.8. The fourth-order valence-corrected chi connectivity index (χ4v) is 4.71. The number of alkyl carbamates (subject to hydrolysis) is 1. The lowest BCUT2D eigenvalue weighted by Gasteiger charge is -2.35. The zero-order valence-corrected chi connectivity index (χ0v) is 25.0. The Morgan fingerprint density at radius 3 is 2.37 bits per heavy atom. The standard InChI is InChI=1S/C30H45N5O6/c1-7-19(17-31-24-12-13-25(36)34-26(24)37)16-30(5,6)35-27(38)33-21-8-10-22(11-9-21)40-23-14-20(15-23)18-32-28(39)41-29(2,3)4/h8-11,16,20,23-24,31H,7,12-15,17-18H2,1-6H3,(H,32,39)(H2,33,35,38)(H,34,36,37)/b19-16+. The number of benzene rings is 1. The van der Waals surface area contributed by atoms with Crippen molar-refractivity contribution < 1.29 is 28.7 Å². The van der Waals surface area contributed by atoms with Crippen molar-refractivity contribution in [3.05, 3.63) is 35.9 Å². The Labute approximate surface area is 242 Å². The smallest absolute Gasteiger partial charge is 0.407 e. The SMILES string of the molecule is CC/C(=C\C(C)(C)NC(=O)Nc1ccc(OC2CC(CNC(=O)OC(C)(C)C)C2)cc1)CNC1CCC(=O)NC1=O. The van der Waals surface area contributed by atoms with Gasteiger partial charge in [-0.3, -0.25) is 14.9 Å². The third-order valence-electron chi connectivity index (χ3n) is 6.81. The van der Waals surface area contributed by atoms with Gasteiger partial charge in [0.1, 0.15) is 11.4 Å². The molecule has 11 nitrogen and oxygen atoms in total. The summed E-state index contributed by atoms with van der Waals surface area (Å²) in [7, 11) is 0. The second-order valence-electron chi connectivity index (χ2n) is 12.3. The van der Waals surface area contributed by atoms with E-state index in [2.05, 4.69) is 26.6 Å². The third-order valence-corrected chi connectivity index (χ3v) is 6.81. The molecule has 0 spiro atoms. The number of anilines is 1. The summed E-state index contributed by atoms with van der Waals surface area (Å²) in [5, 5.41) is 14.2. The van der Waals surface area contributed by atoms with Gasteiger partial charge in [0.05, 0.1) is 17.7 Å². The van der Waals surface area contributed by atoms with Crippen LogP contribution in [-0.2, 0) is 14.3 Å². The highest BCUT2D eigenvalue weighted by atomic mass is 16.6. The third kappa shape index (κ3) is 11.1. The molecular formula is C30H45N5O6. The van der Waals surface area contributed by atoms with Crippen LogP contribution < -0.4 is 31.3 Å². The van der Waals surface area contributed by atoms with E-state index in [1.54, 1.807) is 12.1 Å². The van der Waals surface area contributed by atoms with E-state index >= 15 is 0 Å².